The van der Waals surface area contributed by atoms with Crippen molar-refractivity contribution in [2.24, 2.45) is 5.73 Å². The van der Waals surface area contributed by atoms with E-state index in [4.69, 9.17) is 5.73 Å². The van der Waals surface area contributed by atoms with E-state index in [1.54, 1.807) is 0 Å². The predicted molar refractivity (Wildman–Crippen MR) is 92.1 cm³/mol. The number of hydrogen-bond donors (Lipinski definition) is 2. The van der Waals surface area contributed by atoms with Gasteiger partial charge in [-0.2, -0.15) is 0 Å². The maximum atomic E-state index is 11.7. The fourth-order valence-electron chi connectivity index (χ4n) is 3.64. The van der Waals surface area contributed by atoms with Gasteiger partial charge in [-0.15, -0.1) is 0 Å². The summed E-state index contributed by atoms with van der Waals surface area (Å²) in [6, 6.07) is 3.97. The average Bonchev–Trinajstić information content (AvgIpc) is 3.13. The monoisotopic (exact) mass is 315 g/mol. The van der Waals surface area contributed by atoms with E-state index in [1.165, 1.54) is 31.5 Å². The van der Waals surface area contributed by atoms with E-state index in [2.05, 4.69) is 17.2 Å². The number of hydrogen-bond acceptors (Lipinski definition) is 3. The Labute approximate surface area is 136 Å². The Balaban J connectivity index is 2.01. The molecular weight excluding hydrogens is 290 g/mol. The number of fused-ring (bicyclic) bond motifs is 1. The Kier molecular flexibility index (Phi) is 4.68. The molecule has 2 heterocycles. The highest BCUT2D eigenvalue weighted by atomic mass is 16.4. The molecule has 1 aromatic heterocycles. The van der Waals surface area contributed by atoms with Crippen molar-refractivity contribution < 1.29 is 9.90 Å². The van der Waals surface area contributed by atoms with Gasteiger partial charge < -0.3 is 20.3 Å². The van der Waals surface area contributed by atoms with Crippen LogP contribution in [-0.2, 0) is 13.0 Å². The van der Waals surface area contributed by atoms with Crippen LogP contribution < -0.4 is 5.73 Å². The average molecular weight is 315 g/mol. The number of rotatable bonds is 6. The Morgan fingerprint density at radius 3 is 2.65 bits per heavy atom. The smallest absolute Gasteiger partial charge is 0.338 e. The van der Waals surface area contributed by atoms with Crippen molar-refractivity contribution in [1.82, 2.24) is 9.47 Å². The summed E-state index contributed by atoms with van der Waals surface area (Å²) in [5.74, 6) is -0.865. The van der Waals surface area contributed by atoms with Crippen LogP contribution >= 0.6 is 0 Å². The molecule has 124 valence electrons. The quantitative estimate of drug-likeness (QED) is 0.857. The van der Waals surface area contributed by atoms with Crippen LogP contribution in [0.3, 0.4) is 0 Å². The summed E-state index contributed by atoms with van der Waals surface area (Å²) in [6.07, 6.45) is 5.63. The van der Waals surface area contributed by atoms with Gasteiger partial charge in [-0.25, -0.2) is 4.79 Å². The molecule has 1 saturated heterocycles. The number of aryl methyl sites for hydroxylation is 1. The van der Waals surface area contributed by atoms with Crippen molar-refractivity contribution in [2.45, 2.75) is 32.7 Å². The molecule has 1 aliphatic rings. The molecule has 5 heteroatoms. The lowest BCUT2D eigenvalue weighted by atomic mass is 10.0. The zero-order valence-corrected chi connectivity index (χ0v) is 13.7. The van der Waals surface area contributed by atoms with Crippen molar-refractivity contribution in [3.05, 3.63) is 35.0 Å². The van der Waals surface area contributed by atoms with E-state index >= 15 is 0 Å². The third-order valence-corrected chi connectivity index (χ3v) is 4.81. The molecule has 0 unspecified atom stereocenters. The summed E-state index contributed by atoms with van der Waals surface area (Å²) in [5, 5.41) is 10.7. The van der Waals surface area contributed by atoms with Crippen molar-refractivity contribution in [3.8, 4) is 0 Å². The van der Waals surface area contributed by atoms with Crippen LogP contribution in [0.4, 0.5) is 0 Å². The zero-order chi connectivity index (χ0) is 16.4. The second kappa shape index (κ2) is 6.72. The first-order chi connectivity index (χ1) is 11.1. The van der Waals surface area contributed by atoms with Gasteiger partial charge in [0.1, 0.15) is 0 Å². The molecule has 23 heavy (non-hydrogen) atoms. The van der Waals surface area contributed by atoms with Crippen LogP contribution in [0.25, 0.3) is 10.9 Å². The number of nitrogens with two attached hydrogens (primary N) is 1. The lowest BCUT2D eigenvalue weighted by molar-refractivity contribution is 0.0698. The molecule has 5 nitrogen and oxygen atoms in total. The van der Waals surface area contributed by atoms with E-state index in [0.717, 1.165) is 29.4 Å². The van der Waals surface area contributed by atoms with Crippen molar-refractivity contribution in [3.63, 3.8) is 0 Å². The number of nitrogens with zero attached hydrogens (tertiary/aromatic N) is 2. The molecule has 0 radical (unpaired) electrons. The number of likely N-dealkylation sites (tertiary alicyclic amines) is 1. The molecule has 0 bridgehead atoms. The summed E-state index contributed by atoms with van der Waals surface area (Å²) in [4.78, 5) is 14.2. The molecule has 1 aliphatic heterocycles. The molecule has 0 aliphatic carbocycles. The minimum Gasteiger partial charge on any atom is -0.478 e. The van der Waals surface area contributed by atoms with Gasteiger partial charge >= 0.3 is 5.97 Å². The number of carbonyl (C=O) groups is 1. The fraction of sp³-hybridized carbons (Fsp3) is 0.500. The first-order valence-corrected chi connectivity index (χ1v) is 8.39. The van der Waals surface area contributed by atoms with Gasteiger partial charge in [0.2, 0.25) is 0 Å². The van der Waals surface area contributed by atoms with Gasteiger partial charge in [-0.1, -0.05) is 12.1 Å². The SMILES string of the molecule is Cc1ccc2c(CCN3CCCC3)cn(CCN)c2c1C(=O)O. The second-order valence-electron chi connectivity index (χ2n) is 6.39. The zero-order valence-electron chi connectivity index (χ0n) is 13.7. The normalized spacial score (nSPS) is 15.6. The largest absolute Gasteiger partial charge is 0.478 e. The van der Waals surface area contributed by atoms with E-state index in [-0.39, 0.29) is 0 Å². The number of aromatic nitrogens is 1. The third-order valence-electron chi connectivity index (χ3n) is 4.81. The van der Waals surface area contributed by atoms with Gasteiger partial charge in [0, 0.05) is 31.2 Å². The van der Waals surface area contributed by atoms with E-state index in [9.17, 15) is 9.90 Å². The Morgan fingerprint density at radius 1 is 1.26 bits per heavy atom. The van der Waals surface area contributed by atoms with Crippen LogP contribution in [0, 0.1) is 6.92 Å². The Morgan fingerprint density at radius 2 is 2.00 bits per heavy atom. The van der Waals surface area contributed by atoms with Crippen molar-refractivity contribution in [2.75, 3.05) is 26.2 Å². The minimum atomic E-state index is -0.865. The summed E-state index contributed by atoms with van der Waals surface area (Å²) in [5.41, 5.74) is 8.97. The van der Waals surface area contributed by atoms with Crippen LogP contribution in [0.15, 0.2) is 18.3 Å². The highest BCUT2D eigenvalue weighted by Crippen LogP contribution is 2.28. The summed E-state index contributed by atoms with van der Waals surface area (Å²) < 4.78 is 2.02. The van der Waals surface area contributed by atoms with Crippen molar-refractivity contribution in [1.29, 1.82) is 0 Å². The molecular formula is C18H25N3O2. The van der Waals surface area contributed by atoms with Crippen LogP contribution in [0.5, 0.6) is 0 Å². The molecule has 1 aromatic carbocycles. The third kappa shape index (κ3) is 3.12. The van der Waals surface area contributed by atoms with Gasteiger partial charge in [0.25, 0.3) is 0 Å². The maximum absolute atomic E-state index is 11.7. The highest BCUT2D eigenvalue weighted by molar-refractivity contribution is 6.04. The standard InChI is InChI=1S/C18H25N3O2/c1-13-4-5-15-14(6-10-20-8-2-3-9-20)12-21(11-7-19)17(15)16(13)18(22)23/h4-5,12H,2-3,6-11,19H2,1H3,(H,22,23). The number of aromatic carboxylic acids is 1. The summed E-state index contributed by atoms with van der Waals surface area (Å²) >= 11 is 0. The van der Waals surface area contributed by atoms with E-state index < -0.39 is 5.97 Å². The molecule has 2 aromatic rings. The lowest BCUT2D eigenvalue weighted by Gasteiger charge is -2.13. The first kappa shape index (κ1) is 16.0. The molecule has 0 saturated carbocycles. The Hall–Kier alpha value is -1.85. The fourth-order valence-corrected chi connectivity index (χ4v) is 3.64. The number of carboxylic acid groups (broad SMARTS) is 1. The van der Waals surface area contributed by atoms with Crippen LogP contribution in [-0.4, -0.2) is 46.7 Å². The molecule has 0 amide bonds. The predicted octanol–water partition coefficient (Wildman–Crippen LogP) is 2.24. The maximum Gasteiger partial charge on any atom is 0.338 e. The van der Waals surface area contributed by atoms with Gasteiger partial charge in [0.15, 0.2) is 0 Å². The minimum absolute atomic E-state index is 0.406. The second-order valence-corrected chi connectivity index (χ2v) is 6.39. The van der Waals surface area contributed by atoms with Crippen molar-refractivity contribution >= 4 is 16.9 Å². The topological polar surface area (TPSA) is 71.5 Å². The molecule has 1 fully saturated rings. The molecule has 0 spiro atoms. The van der Waals surface area contributed by atoms with E-state index in [1.807, 2.05) is 17.6 Å². The highest BCUT2D eigenvalue weighted by Gasteiger charge is 2.19. The van der Waals surface area contributed by atoms with E-state index in [0.29, 0.717) is 18.7 Å². The van der Waals surface area contributed by atoms with Crippen LogP contribution in [0.1, 0.15) is 34.3 Å². The lowest BCUT2D eigenvalue weighted by Crippen LogP contribution is -2.21. The molecule has 0 atom stereocenters. The Bertz CT molecular complexity index is 715. The molecule has 3 N–H and O–H groups in total. The first-order valence-electron chi connectivity index (χ1n) is 8.39. The van der Waals surface area contributed by atoms with Gasteiger partial charge in [-0.05, 0) is 50.4 Å². The molecule has 3 rings (SSSR count). The number of carboxylic acids is 1. The number of benzene rings is 1. The van der Waals surface area contributed by atoms with Crippen LogP contribution in [0.2, 0.25) is 0 Å². The summed E-state index contributed by atoms with van der Waals surface area (Å²) in [6.45, 7) is 6.40. The van der Waals surface area contributed by atoms with Gasteiger partial charge in [-0.3, -0.25) is 0 Å². The summed E-state index contributed by atoms with van der Waals surface area (Å²) in [7, 11) is 0. The van der Waals surface area contributed by atoms with Gasteiger partial charge in [0.05, 0.1) is 11.1 Å².